The highest BCUT2D eigenvalue weighted by Crippen LogP contribution is 2.19. The van der Waals surface area contributed by atoms with Crippen molar-refractivity contribution in [2.45, 2.75) is 13.5 Å². The topological polar surface area (TPSA) is 49.7 Å². The summed E-state index contributed by atoms with van der Waals surface area (Å²) in [6.45, 7) is 1.97. The fourth-order valence-electron chi connectivity index (χ4n) is 1.80. The van der Waals surface area contributed by atoms with E-state index in [-0.39, 0.29) is 12.4 Å². The lowest BCUT2D eigenvalue weighted by atomic mass is 9.77. The molecule has 0 unspecified atom stereocenters. The van der Waals surface area contributed by atoms with Crippen LogP contribution >= 0.6 is 0 Å². The van der Waals surface area contributed by atoms with Gasteiger partial charge in [-0.1, -0.05) is 30.3 Å². The zero-order valence-corrected chi connectivity index (χ0v) is 10.5. The fourth-order valence-corrected chi connectivity index (χ4v) is 1.80. The first-order valence-electron chi connectivity index (χ1n) is 5.91. The molecule has 0 spiro atoms. The fraction of sp³-hybridized carbons (Fsp3) is 0.143. The predicted molar refractivity (Wildman–Crippen MR) is 71.7 cm³/mol. The van der Waals surface area contributed by atoms with Crippen molar-refractivity contribution >= 4 is 12.6 Å². The Labute approximate surface area is 111 Å². The van der Waals surface area contributed by atoms with Crippen LogP contribution in [0.4, 0.5) is 4.39 Å². The summed E-state index contributed by atoms with van der Waals surface area (Å²) >= 11 is 0. The molecule has 0 saturated carbocycles. The van der Waals surface area contributed by atoms with Gasteiger partial charge >= 0.3 is 7.12 Å². The van der Waals surface area contributed by atoms with Gasteiger partial charge < -0.3 is 14.8 Å². The largest absolute Gasteiger partial charge is 0.489 e. The first kappa shape index (κ1) is 13.6. The Bertz CT molecular complexity index is 572. The maximum absolute atomic E-state index is 13.1. The Hall–Kier alpha value is -1.85. The summed E-state index contributed by atoms with van der Waals surface area (Å²) in [6, 6.07) is 11.2. The smallest absolute Gasteiger partial charge is 0.488 e. The molecule has 98 valence electrons. The molecule has 2 N–H and O–H groups in total. The van der Waals surface area contributed by atoms with Crippen LogP contribution in [-0.2, 0) is 6.61 Å². The zero-order chi connectivity index (χ0) is 13.8. The molecule has 0 heterocycles. The molecular weight excluding hydrogens is 246 g/mol. The Morgan fingerprint density at radius 1 is 1.16 bits per heavy atom. The second-order valence-electron chi connectivity index (χ2n) is 4.27. The van der Waals surface area contributed by atoms with Crippen molar-refractivity contribution in [3.8, 4) is 5.75 Å². The molecule has 0 aromatic heterocycles. The molecule has 0 bridgehead atoms. The van der Waals surface area contributed by atoms with Crippen molar-refractivity contribution in [2.75, 3.05) is 0 Å². The first-order chi connectivity index (χ1) is 9.08. The summed E-state index contributed by atoms with van der Waals surface area (Å²) in [7, 11) is -1.55. The van der Waals surface area contributed by atoms with E-state index in [1.165, 1.54) is 12.1 Å². The monoisotopic (exact) mass is 260 g/mol. The molecule has 3 nitrogen and oxygen atoms in total. The Morgan fingerprint density at radius 2 is 1.89 bits per heavy atom. The maximum atomic E-state index is 13.1. The van der Waals surface area contributed by atoms with Gasteiger partial charge in [-0.3, -0.25) is 0 Å². The zero-order valence-electron chi connectivity index (χ0n) is 10.5. The predicted octanol–water partition coefficient (Wildman–Crippen LogP) is 1.39. The van der Waals surface area contributed by atoms with E-state index in [0.29, 0.717) is 16.8 Å². The molecule has 5 heteroatoms. The minimum Gasteiger partial charge on any atom is -0.489 e. The second kappa shape index (κ2) is 5.86. The lowest BCUT2D eigenvalue weighted by Crippen LogP contribution is -2.33. The molecule has 0 atom stereocenters. The molecule has 19 heavy (non-hydrogen) atoms. The minimum atomic E-state index is -1.55. The molecule has 0 amide bonds. The third-order valence-electron chi connectivity index (χ3n) is 2.87. The summed E-state index contributed by atoms with van der Waals surface area (Å²) in [5.41, 5.74) is 1.86. The van der Waals surface area contributed by atoms with Crippen LogP contribution in [0, 0.1) is 12.7 Å². The Morgan fingerprint density at radius 3 is 2.63 bits per heavy atom. The van der Waals surface area contributed by atoms with Gasteiger partial charge in [0.05, 0.1) is 0 Å². The Kier molecular flexibility index (Phi) is 4.19. The number of hydrogen-bond donors (Lipinski definition) is 2. The maximum Gasteiger partial charge on any atom is 0.488 e. The van der Waals surface area contributed by atoms with Crippen molar-refractivity contribution in [2.24, 2.45) is 0 Å². The lowest BCUT2D eigenvalue weighted by molar-refractivity contribution is 0.302. The van der Waals surface area contributed by atoms with E-state index >= 15 is 0 Å². The second-order valence-corrected chi connectivity index (χ2v) is 4.27. The number of hydrogen-bond acceptors (Lipinski definition) is 3. The first-order valence-corrected chi connectivity index (χ1v) is 5.91. The van der Waals surface area contributed by atoms with Crippen molar-refractivity contribution < 1.29 is 19.2 Å². The van der Waals surface area contributed by atoms with Gasteiger partial charge in [0, 0.05) is 6.07 Å². The minimum absolute atomic E-state index is 0.151. The van der Waals surface area contributed by atoms with E-state index in [2.05, 4.69) is 0 Å². The number of halogens is 1. The average Bonchev–Trinajstić information content (AvgIpc) is 2.40. The lowest BCUT2D eigenvalue weighted by Gasteiger charge is -2.12. The highest BCUT2D eigenvalue weighted by molar-refractivity contribution is 6.59. The molecule has 0 radical (unpaired) electrons. The highest BCUT2D eigenvalue weighted by atomic mass is 19.1. The van der Waals surface area contributed by atoms with Crippen molar-refractivity contribution in [3.63, 3.8) is 0 Å². The van der Waals surface area contributed by atoms with Gasteiger partial charge in [-0.15, -0.1) is 0 Å². The highest BCUT2D eigenvalue weighted by Gasteiger charge is 2.15. The Balaban J connectivity index is 2.17. The van der Waals surface area contributed by atoms with Crippen LogP contribution in [0.1, 0.15) is 11.1 Å². The van der Waals surface area contributed by atoms with Gasteiger partial charge in [0.1, 0.15) is 18.2 Å². The van der Waals surface area contributed by atoms with E-state index in [0.717, 1.165) is 5.56 Å². The SMILES string of the molecule is Cc1ccc(F)cc1OCc1ccccc1B(O)O. The molecule has 0 saturated heterocycles. The van der Waals surface area contributed by atoms with Crippen LogP contribution in [-0.4, -0.2) is 17.2 Å². The summed E-state index contributed by atoms with van der Waals surface area (Å²) in [4.78, 5) is 0. The molecule has 0 aliphatic rings. The van der Waals surface area contributed by atoms with Gasteiger partial charge in [-0.2, -0.15) is 0 Å². The van der Waals surface area contributed by atoms with Gasteiger partial charge in [0.25, 0.3) is 0 Å². The van der Waals surface area contributed by atoms with Gasteiger partial charge in [-0.05, 0) is 29.6 Å². The van der Waals surface area contributed by atoms with E-state index < -0.39 is 7.12 Å². The number of ether oxygens (including phenoxy) is 1. The molecule has 2 aromatic carbocycles. The molecular formula is C14H14BFO3. The summed E-state index contributed by atoms with van der Waals surface area (Å²) in [6.07, 6.45) is 0. The van der Waals surface area contributed by atoms with Gasteiger partial charge in [0.2, 0.25) is 0 Å². The molecule has 2 aromatic rings. The average molecular weight is 260 g/mol. The summed E-state index contributed by atoms with van der Waals surface area (Å²) in [5, 5.41) is 18.5. The summed E-state index contributed by atoms with van der Waals surface area (Å²) < 4.78 is 18.7. The molecule has 0 fully saturated rings. The standard InChI is InChI=1S/C14H14BFO3/c1-10-6-7-12(16)8-14(10)19-9-11-4-2-3-5-13(11)15(17)18/h2-8,17-18H,9H2,1H3. The van der Waals surface area contributed by atoms with Crippen LogP contribution in [0.15, 0.2) is 42.5 Å². The quantitative estimate of drug-likeness (QED) is 0.817. The van der Waals surface area contributed by atoms with Crippen LogP contribution in [0.3, 0.4) is 0 Å². The van der Waals surface area contributed by atoms with E-state index in [9.17, 15) is 14.4 Å². The normalized spacial score (nSPS) is 10.3. The van der Waals surface area contributed by atoms with Crippen molar-refractivity contribution in [1.29, 1.82) is 0 Å². The molecule has 0 aliphatic carbocycles. The van der Waals surface area contributed by atoms with Crippen LogP contribution < -0.4 is 10.2 Å². The number of aryl methyl sites for hydroxylation is 1. The van der Waals surface area contributed by atoms with Crippen LogP contribution in [0.25, 0.3) is 0 Å². The van der Waals surface area contributed by atoms with Crippen molar-refractivity contribution in [1.82, 2.24) is 0 Å². The van der Waals surface area contributed by atoms with Crippen LogP contribution in [0.2, 0.25) is 0 Å². The third-order valence-corrected chi connectivity index (χ3v) is 2.87. The van der Waals surface area contributed by atoms with Gasteiger partial charge in [0.15, 0.2) is 0 Å². The molecule has 2 rings (SSSR count). The van der Waals surface area contributed by atoms with E-state index in [1.54, 1.807) is 30.3 Å². The summed E-state index contributed by atoms with van der Waals surface area (Å²) in [5.74, 6) is 0.0818. The van der Waals surface area contributed by atoms with E-state index in [1.807, 2.05) is 6.92 Å². The van der Waals surface area contributed by atoms with E-state index in [4.69, 9.17) is 4.74 Å². The number of benzene rings is 2. The number of rotatable bonds is 4. The molecule has 0 aliphatic heterocycles. The third kappa shape index (κ3) is 3.33. The van der Waals surface area contributed by atoms with Crippen LogP contribution in [0.5, 0.6) is 5.75 Å². The van der Waals surface area contributed by atoms with Gasteiger partial charge in [-0.25, -0.2) is 4.39 Å². The van der Waals surface area contributed by atoms with Crippen molar-refractivity contribution in [3.05, 3.63) is 59.4 Å².